The molecule has 0 saturated heterocycles. The number of hydrogen-bond donors (Lipinski definition) is 4. The maximum atomic E-state index is 13.4. The summed E-state index contributed by atoms with van der Waals surface area (Å²) >= 11 is 0. The van der Waals surface area contributed by atoms with Crippen molar-refractivity contribution < 1.29 is 24.3 Å². The van der Waals surface area contributed by atoms with Crippen LogP contribution < -0.4 is 16.0 Å². The lowest BCUT2D eigenvalue weighted by Crippen LogP contribution is -2.48. The lowest BCUT2D eigenvalue weighted by molar-refractivity contribution is -0.138. The van der Waals surface area contributed by atoms with Crippen LogP contribution in [0.2, 0.25) is 0 Å². The van der Waals surface area contributed by atoms with E-state index < -0.39 is 29.7 Å². The van der Waals surface area contributed by atoms with Crippen LogP contribution in [0.15, 0.2) is 48.5 Å². The molecule has 3 rings (SSSR count). The van der Waals surface area contributed by atoms with Crippen molar-refractivity contribution in [3.63, 3.8) is 0 Å². The smallest absolute Gasteiger partial charge is 0.310 e. The fourth-order valence-corrected chi connectivity index (χ4v) is 4.68. The Morgan fingerprint density at radius 2 is 1.68 bits per heavy atom. The fraction of sp³-hybridized carbons (Fsp3) is 0.400. The average molecular weight is 520 g/mol. The molecule has 0 fully saturated rings. The minimum atomic E-state index is -0.998. The van der Waals surface area contributed by atoms with Crippen LogP contribution in [0.5, 0.6) is 0 Å². The first-order chi connectivity index (χ1) is 18.0. The number of carbonyl (C=O) groups excluding carboxylic acids is 3. The van der Waals surface area contributed by atoms with Gasteiger partial charge in [-0.1, -0.05) is 70.5 Å². The fourth-order valence-electron chi connectivity index (χ4n) is 4.68. The maximum Gasteiger partial charge on any atom is 0.310 e. The van der Waals surface area contributed by atoms with Gasteiger partial charge in [-0.25, -0.2) is 0 Å². The topological polar surface area (TPSA) is 125 Å². The van der Waals surface area contributed by atoms with E-state index in [0.717, 1.165) is 12.0 Å². The molecule has 2 aromatic rings. The SMILES string of the molecule is CC[C@H](C)[C@@H]1NC(=O)c2ccccc2/C1=C/C(=O)N[C@H](C(=O)Nc1c(C)cccc1[C@H](C)C(=O)O)C(C)C. The minimum absolute atomic E-state index is 0.0891. The Labute approximate surface area is 223 Å². The van der Waals surface area contributed by atoms with Gasteiger partial charge in [0.2, 0.25) is 11.8 Å². The number of carboxylic acid groups (broad SMARTS) is 1. The molecule has 38 heavy (non-hydrogen) atoms. The molecule has 0 bridgehead atoms. The summed E-state index contributed by atoms with van der Waals surface area (Å²) in [4.78, 5) is 51.0. The summed E-state index contributed by atoms with van der Waals surface area (Å²) in [6.45, 7) is 11.1. The Hall–Kier alpha value is -3.94. The summed E-state index contributed by atoms with van der Waals surface area (Å²) in [6.07, 6.45) is 2.28. The molecule has 4 atom stereocenters. The highest BCUT2D eigenvalue weighted by atomic mass is 16.4. The molecule has 0 aliphatic carbocycles. The van der Waals surface area contributed by atoms with Crippen molar-refractivity contribution in [3.8, 4) is 0 Å². The largest absolute Gasteiger partial charge is 0.481 e. The zero-order valence-electron chi connectivity index (χ0n) is 22.8. The molecule has 202 valence electrons. The first-order valence-electron chi connectivity index (χ1n) is 13.0. The van der Waals surface area contributed by atoms with Crippen molar-refractivity contribution in [1.29, 1.82) is 0 Å². The number of aliphatic carboxylic acids is 1. The van der Waals surface area contributed by atoms with E-state index in [4.69, 9.17) is 0 Å². The van der Waals surface area contributed by atoms with Crippen LogP contribution >= 0.6 is 0 Å². The Balaban J connectivity index is 1.91. The molecule has 0 saturated carbocycles. The number of amides is 3. The monoisotopic (exact) mass is 519 g/mol. The van der Waals surface area contributed by atoms with E-state index in [9.17, 15) is 24.3 Å². The molecule has 0 unspecified atom stereocenters. The number of aryl methyl sites for hydroxylation is 1. The Bertz CT molecular complexity index is 1270. The normalized spacial score (nSPS) is 18.2. The van der Waals surface area contributed by atoms with Gasteiger partial charge in [0.05, 0.1) is 12.0 Å². The zero-order valence-corrected chi connectivity index (χ0v) is 22.8. The molecular formula is C30H37N3O5. The first kappa shape index (κ1) is 28.6. The summed E-state index contributed by atoms with van der Waals surface area (Å²) in [5.74, 6) is -3.03. The molecule has 3 amide bonds. The third-order valence-electron chi connectivity index (χ3n) is 7.24. The highest BCUT2D eigenvalue weighted by molar-refractivity contribution is 6.08. The van der Waals surface area contributed by atoms with E-state index in [1.807, 2.05) is 39.8 Å². The second-order valence-corrected chi connectivity index (χ2v) is 10.3. The summed E-state index contributed by atoms with van der Waals surface area (Å²) < 4.78 is 0. The van der Waals surface area contributed by atoms with Gasteiger partial charge in [-0.05, 0) is 54.0 Å². The number of hydrogen-bond acceptors (Lipinski definition) is 4. The Morgan fingerprint density at radius 3 is 2.29 bits per heavy atom. The van der Waals surface area contributed by atoms with Gasteiger partial charge >= 0.3 is 5.97 Å². The molecule has 8 heteroatoms. The van der Waals surface area contributed by atoms with Crippen LogP contribution in [0.1, 0.15) is 74.0 Å². The lowest BCUT2D eigenvalue weighted by Gasteiger charge is -2.32. The van der Waals surface area contributed by atoms with E-state index in [1.165, 1.54) is 6.08 Å². The van der Waals surface area contributed by atoms with Crippen molar-refractivity contribution in [2.45, 2.75) is 66.0 Å². The second kappa shape index (κ2) is 12.1. The van der Waals surface area contributed by atoms with Gasteiger partial charge in [-0.15, -0.1) is 0 Å². The molecule has 2 aromatic carbocycles. The Kier molecular flexibility index (Phi) is 9.09. The molecular weight excluding hydrogens is 482 g/mol. The molecule has 8 nitrogen and oxygen atoms in total. The van der Waals surface area contributed by atoms with Crippen LogP contribution in [0, 0.1) is 18.8 Å². The van der Waals surface area contributed by atoms with Crippen molar-refractivity contribution in [3.05, 3.63) is 70.8 Å². The summed E-state index contributed by atoms with van der Waals surface area (Å²) in [5, 5.41) is 18.3. The number of benzene rings is 2. The van der Waals surface area contributed by atoms with Crippen LogP contribution in [-0.4, -0.2) is 40.9 Å². The number of carboxylic acids is 1. The van der Waals surface area contributed by atoms with Crippen LogP contribution in [-0.2, 0) is 14.4 Å². The van der Waals surface area contributed by atoms with Gasteiger partial charge in [0.25, 0.3) is 5.91 Å². The number of carbonyl (C=O) groups is 4. The van der Waals surface area contributed by atoms with Crippen LogP contribution in [0.4, 0.5) is 5.69 Å². The van der Waals surface area contributed by atoms with E-state index in [2.05, 4.69) is 16.0 Å². The summed E-state index contributed by atoms with van der Waals surface area (Å²) in [7, 11) is 0. The number of nitrogens with one attached hydrogen (secondary N) is 3. The molecule has 4 N–H and O–H groups in total. The molecule has 1 aliphatic heterocycles. The zero-order chi connectivity index (χ0) is 28.1. The quantitative estimate of drug-likeness (QED) is 0.363. The third kappa shape index (κ3) is 6.13. The minimum Gasteiger partial charge on any atom is -0.481 e. The number of para-hydroxylation sites is 1. The van der Waals surface area contributed by atoms with Crippen molar-refractivity contribution in [1.82, 2.24) is 10.6 Å². The summed E-state index contributed by atoms with van der Waals surface area (Å²) in [5.41, 5.74) is 3.56. The highest BCUT2D eigenvalue weighted by Crippen LogP contribution is 2.32. The van der Waals surface area contributed by atoms with Crippen LogP contribution in [0.25, 0.3) is 5.57 Å². The van der Waals surface area contributed by atoms with Gasteiger partial charge in [0.1, 0.15) is 6.04 Å². The van der Waals surface area contributed by atoms with Crippen molar-refractivity contribution >= 4 is 35.0 Å². The predicted octanol–water partition coefficient (Wildman–Crippen LogP) is 4.50. The van der Waals surface area contributed by atoms with Gasteiger partial charge in [-0.3, -0.25) is 19.2 Å². The van der Waals surface area contributed by atoms with Gasteiger partial charge < -0.3 is 21.1 Å². The number of rotatable bonds is 9. The first-order valence-corrected chi connectivity index (χ1v) is 13.0. The lowest BCUT2D eigenvalue weighted by atomic mass is 9.82. The Morgan fingerprint density at radius 1 is 1.03 bits per heavy atom. The number of fused-ring (bicyclic) bond motifs is 1. The highest BCUT2D eigenvalue weighted by Gasteiger charge is 2.33. The second-order valence-electron chi connectivity index (χ2n) is 10.3. The summed E-state index contributed by atoms with van der Waals surface area (Å²) in [6, 6.07) is 11.2. The molecule has 1 heterocycles. The van der Waals surface area contributed by atoms with Crippen molar-refractivity contribution in [2.24, 2.45) is 11.8 Å². The maximum absolute atomic E-state index is 13.4. The number of anilines is 1. The van der Waals surface area contributed by atoms with Gasteiger partial charge in [0.15, 0.2) is 0 Å². The molecule has 0 aromatic heterocycles. The van der Waals surface area contributed by atoms with E-state index in [1.54, 1.807) is 44.2 Å². The van der Waals surface area contributed by atoms with E-state index >= 15 is 0 Å². The van der Waals surface area contributed by atoms with E-state index in [-0.39, 0.29) is 23.8 Å². The third-order valence-corrected chi connectivity index (χ3v) is 7.24. The van der Waals surface area contributed by atoms with Gasteiger partial charge in [0, 0.05) is 17.3 Å². The molecule has 0 radical (unpaired) electrons. The van der Waals surface area contributed by atoms with Crippen LogP contribution in [0.3, 0.4) is 0 Å². The average Bonchev–Trinajstić information content (AvgIpc) is 2.88. The standard InChI is InChI=1S/C30H37N3O5/c1-7-17(4)26-23(21-12-8-9-13-22(21)28(35)32-26)15-24(34)31-25(16(2)3)29(36)33-27-18(5)11-10-14-20(27)19(6)30(37)38/h8-17,19,25-26H,7H2,1-6H3,(H,31,34)(H,32,35)(H,33,36)(H,37,38)/b23-15-/t17-,19-,25-,26-/m0/s1. The van der Waals surface area contributed by atoms with Gasteiger partial charge in [-0.2, -0.15) is 0 Å². The molecule has 0 spiro atoms. The van der Waals surface area contributed by atoms with E-state index in [0.29, 0.717) is 28.0 Å². The van der Waals surface area contributed by atoms with Crippen molar-refractivity contribution in [2.75, 3.05) is 5.32 Å². The molecule has 1 aliphatic rings. The predicted molar refractivity (Wildman–Crippen MR) is 148 cm³/mol.